The number of hydrogen-bond acceptors (Lipinski definition) is 7. The van der Waals surface area contributed by atoms with Crippen LogP contribution in [-0.2, 0) is 33.6 Å². The van der Waals surface area contributed by atoms with Gasteiger partial charge in [-0.15, -0.1) is 0 Å². The first-order valence-corrected chi connectivity index (χ1v) is 7.26. The van der Waals surface area contributed by atoms with Crippen LogP contribution >= 0.6 is 0 Å². The third-order valence-electron chi connectivity index (χ3n) is 1.75. The maximum atomic E-state index is 9.87. The standard InChI is InChI=1S/C6H12O2.C3H4O4.C3H4O3.C3H4O2/c1-2-3-4-5-6(7)8;4-2(5)1-3(6)7;4-2-1-3(5)6;4-2-1-3-5/h2-5H2,1H3,(H,7,8);1H2,(H,4,5)(H,6,7);2H,1H2,(H,5,6);2-3H,1H2. The first-order valence-electron chi connectivity index (χ1n) is 7.26. The highest BCUT2D eigenvalue weighted by molar-refractivity contribution is 5.88. The highest BCUT2D eigenvalue weighted by Gasteiger charge is 2.01. The molecule has 0 spiro atoms. The number of aldehydes is 3. The lowest BCUT2D eigenvalue weighted by atomic mass is 10.2. The molecule has 150 valence electrons. The minimum Gasteiger partial charge on any atom is -0.481 e. The van der Waals surface area contributed by atoms with Crippen LogP contribution in [0.3, 0.4) is 0 Å². The van der Waals surface area contributed by atoms with Gasteiger partial charge in [-0.3, -0.25) is 19.2 Å². The smallest absolute Gasteiger partial charge is 0.314 e. The normalized spacial score (nSPS) is 7.88. The SMILES string of the molecule is CCCCCC(=O)O.O=C(O)CC(=O)O.O=CCC(=O)O.O=CCC=O. The Bertz CT molecular complexity index is 411. The monoisotopic (exact) mass is 380 g/mol. The molecule has 11 nitrogen and oxygen atoms in total. The Hall–Kier alpha value is -3.11. The second kappa shape index (κ2) is 26.8. The van der Waals surface area contributed by atoms with Gasteiger partial charge in [-0.1, -0.05) is 19.8 Å². The maximum absolute atomic E-state index is 9.87. The van der Waals surface area contributed by atoms with Crippen molar-refractivity contribution in [2.45, 2.75) is 51.9 Å². The summed E-state index contributed by atoms with van der Waals surface area (Å²) in [5.74, 6) is -4.39. The van der Waals surface area contributed by atoms with Crippen LogP contribution in [0.15, 0.2) is 0 Å². The summed E-state index contributed by atoms with van der Waals surface area (Å²) in [5.41, 5.74) is 0. The van der Waals surface area contributed by atoms with Gasteiger partial charge >= 0.3 is 23.9 Å². The van der Waals surface area contributed by atoms with Crippen LogP contribution in [0, 0.1) is 0 Å². The molecule has 11 heteroatoms. The van der Waals surface area contributed by atoms with Crippen LogP contribution in [0.1, 0.15) is 51.9 Å². The van der Waals surface area contributed by atoms with Crippen molar-refractivity contribution >= 4 is 42.7 Å². The topological polar surface area (TPSA) is 200 Å². The third-order valence-corrected chi connectivity index (χ3v) is 1.75. The van der Waals surface area contributed by atoms with Gasteiger partial charge in [-0.2, -0.15) is 0 Å². The van der Waals surface area contributed by atoms with Crippen molar-refractivity contribution in [2.24, 2.45) is 0 Å². The fourth-order valence-corrected chi connectivity index (χ4v) is 0.766. The quantitative estimate of drug-likeness (QED) is 0.235. The van der Waals surface area contributed by atoms with Gasteiger partial charge in [0.2, 0.25) is 0 Å². The molecule has 0 aliphatic carbocycles. The first-order chi connectivity index (χ1) is 12.1. The van der Waals surface area contributed by atoms with Gasteiger partial charge < -0.3 is 34.8 Å². The molecule has 0 aliphatic rings. The highest BCUT2D eigenvalue weighted by Crippen LogP contribution is 1.97. The third kappa shape index (κ3) is 69.7. The second-order valence-corrected chi connectivity index (χ2v) is 4.15. The summed E-state index contributed by atoms with van der Waals surface area (Å²) in [6.07, 6.45) is 3.58. The minimum atomic E-state index is -1.31. The van der Waals surface area contributed by atoms with E-state index in [2.05, 4.69) is 6.92 Å². The van der Waals surface area contributed by atoms with Gasteiger partial charge in [-0.05, 0) is 6.42 Å². The molecule has 0 atom stereocenters. The van der Waals surface area contributed by atoms with E-state index in [-0.39, 0.29) is 12.8 Å². The molecule has 0 amide bonds. The van der Waals surface area contributed by atoms with Crippen LogP contribution in [0.5, 0.6) is 0 Å². The molecule has 0 aromatic carbocycles. The van der Waals surface area contributed by atoms with Gasteiger partial charge in [0.15, 0.2) is 0 Å². The van der Waals surface area contributed by atoms with E-state index in [1.54, 1.807) is 0 Å². The van der Waals surface area contributed by atoms with E-state index >= 15 is 0 Å². The number of rotatable bonds is 10. The first kappa shape index (κ1) is 30.7. The van der Waals surface area contributed by atoms with E-state index in [9.17, 15) is 33.6 Å². The number of aliphatic carboxylic acids is 4. The van der Waals surface area contributed by atoms with Crippen molar-refractivity contribution in [3.05, 3.63) is 0 Å². The largest absolute Gasteiger partial charge is 0.481 e. The second-order valence-electron chi connectivity index (χ2n) is 4.15. The molecule has 0 radical (unpaired) electrons. The van der Waals surface area contributed by atoms with E-state index < -0.39 is 30.3 Å². The van der Waals surface area contributed by atoms with E-state index in [0.29, 0.717) is 25.3 Å². The molecule has 0 heterocycles. The zero-order chi connectivity index (χ0) is 21.4. The van der Waals surface area contributed by atoms with E-state index in [0.717, 1.165) is 19.3 Å². The lowest BCUT2D eigenvalue weighted by molar-refractivity contribution is -0.147. The fourth-order valence-electron chi connectivity index (χ4n) is 0.766. The molecule has 0 unspecified atom stereocenters. The van der Waals surface area contributed by atoms with Crippen molar-refractivity contribution in [3.8, 4) is 0 Å². The Morgan fingerprint density at radius 2 is 1.15 bits per heavy atom. The minimum absolute atomic E-state index is 0.0278. The van der Waals surface area contributed by atoms with Crippen molar-refractivity contribution in [1.29, 1.82) is 0 Å². The summed E-state index contributed by atoms with van der Waals surface area (Å²) in [6, 6.07) is 0. The maximum Gasteiger partial charge on any atom is 0.314 e. The lowest BCUT2D eigenvalue weighted by Crippen LogP contribution is -2.03. The summed E-state index contributed by atoms with van der Waals surface area (Å²) in [7, 11) is 0. The summed E-state index contributed by atoms with van der Waals surface area (Å²) in [5, 5.41) is 31.2. The molecule has 26 heavy (non-hydrogen) atoms. The molecule has 0 saturated heterocycles. The number of carbonyl (C=O) groups excluding carboxylic acids is 3. The zero-order valence-electron chi connectivity index (χ0n) is 14.3. The van der Waals surface area contributed by atoms with Gasteiger partial charge in [0, 0.05) is 6.42 Å². The Morgan fingerprint density at radius 3 is 1.27 bits per heavy atom. The number of carboxylic acid groups (broad SMARTS) is 4. The van der Waals surface area contributed by atoms with Gasteiger partial charge in [-0.25, -0.2) is 0 Å². The molecule has 4 N–H and O–H groups in total. The number of hydrogen-bond donors (Lipinski definition) is 4. The van der Waals surface area contributed by atoms with E-state index in [1.807, 2.05) is 0 Å². The average molecular weight is 380 g/mol. The van der Waals surface area contributed by atoms with Crippen LogP contribution in [0.25, 0.3) is 0 Å². The van der Waals surface area contributed by atoms with Crippen molar-refractivity contribution in [3.63, 3.8) is 0 Å². The van der Waals surface area contributed by atoms with Gasteiger partial charge in [0.05, 0.1) is 6.42 Å². The highest BCUT2D eigenvalue weighted by atomic mass is 16.4. The zero-order valence-corrected chi connectivity index (χ0v) is 14.3. The molecular weight excluding hydrogens is 356 g/mol. The van der Waals surface area contributed by atoms with Crippen molar-refractivity contribution in [2.75, 3.05) is 0 Å². The number of unbranched alkanes of at least 4 members (excludes halogenated alkanes) is 2. The van der Waals surface area contributed by atoms with Crippen LogP contribution < -0.4 is 0 Å². The molecule has 0 rings (SSSR count). The van der Waals surface area contributed by atoms with E-state index in [4.69, 9.17) is 20.4 Å². The average Bonchev–Trinajstić information content (AvgIpc) is 2.48. The van der Waals surface area contributed by atoms with E-state index in [1.165, 1.54) is 0 Å². The number of carbonyl (C=O) groups is 7. The molecule has 0 aromatic heterocycles. The van der Waals surface area contributed by atoms with Gasteiger partial charge in [0.25, 0.3) is 0 Å². The molecule has 0 fully saturated rings. The predicted molar refractivity (Wildman–Crippen MR) is 86.7 cm³/mol. The summed E-state index contributed by atoms with van der Waals surface area (Å²) in [6.45, 7) is 2.06. The molecule has 0 aliphatic heterocycles. The van der Waals surface area contributed by atoms with Gasteiger partial charge in [0.1, 0.15) is 31.7 Å². The van der Waals surface area contributed by atoms with Crippen LogP contribution in [0.2, 0.25) is 0 Å². The predicted octanol–water partition coefficient (Wildman–Crippen LogP) is 0.631. The molecular formula is C15H24O11. The van der Waals surface area contributed by atoms with Crippen molar-refractivity contribution < 1.29 is 54.0 Å². The Morgan fingerprint density at radius 1 is 0.692 bits per heavy atom. The number of carboxylic acids is 4. The van der Waals surface area contributed by atoms with Crippen molar-refractivity contribution in [1.82, 2.24) is 0 Å². The van der Waals surface area contributed by atoms with Crippen LogP contribution in [0.4, 0.5) is 0 Å². The molecule has 0 saturated carbocycles. The molecule has 0 aromatic rings. The molecule has 0 bridgehead atoms. The summed E-state index contributed by atoms with van der Waals surface area (Å²) in [4.78, 5) is 65.7. The lowest BCUT2D eigenvalue weighted by Gasteiger charge is -1.89. The fraction of sp³-hybridized carbons (Fsp3) is 0.533. The Labute approximate surface area is 149 Å². The Kier molecular flexibility index (Phi) is 31.6. The Balaban J connectivity index is -0.000000126. The van der Waals surface area contributed by atoms with Crippen LogP contribution in [-0.4, -0.2) is 63.2 Å². The summed E-state index contributed by atoms with van der Waals surface area (Å²) >= 11 is 0. The summed E-state index contributed by atoms with van der Waals surface area (Å²) < 4.78 is 0.